The molecule has 0 spiro atoms. The van der Waals surface area contributed by atoms with Crippen molar-refractivity contribution in [3.8, 4) is 0 Å². The van der Waals surface area contributed by atoms with Crippen LogP contribution in [0.15, 0.2) is 24.3 Å². The van der Waals surface area contributed by atoms with Crippen molar-refractivity contribution in [3.63, 3.8) is 0 Å². The summed E-state index contributed by atoms with van der Waals surface area (Å²) >= 11 is 0. The van der Waals surface area contributed by atoms with Crippen LogP contribution in [-0.2, 0) is 6.42 Å². The molecule has 1 aliphatic carbocycles. The van der Waals surface area contributed by atoms with Crippen molar-refractivity contribution in [2.24, 2.45) is 5.92 Å². The van der Waals surface area contributed by atoms with Gasteiger partial charge in [-0.1, -0.05) is 37.6 Å². The molecule has 0 amide bonds. The minimum absolute atomic E-state index is 0.587. The Labute approximate surface area is 123 Å². The van der Waals surface area contributed by atoms with Crippen LogP contribution in [0, 0.1) is 5.92 Å². The maximum absolute atomic E-state index is 3.88. The van der Waals surface area contributed by atoms with Crippen molar-refractivity contribution in [2.75, 3.05) is 26.2 Å². The SMILES string of the molecule is CCN1CCC(CNC2CCCCc3ccccc32)C1. The highest BCUT2D eigenvalue weighted by Crippen LogP contribution is 2.29. The minimum atomic E-state index is 0.587. The largest absolute Gasteiger partial charge is 0.310 e. The topological polar surface area (TPSA) is 15.3 Å². The maximum Gasteiger partial charge on any atom is 0.0323 e. The Hall–Kier alpha value is -0.860. The summed E-state index contributed by atoms with van der Waals surface area (Å²) in [7, 11) is 0. The van der Waals surface area contributed by atoms with Crippen LogP contribution < -0.4 is 5.32 Å². The van der Waals surface area contributed by atoms with Gasteiger partial charge in [-0.25, -0.2) is 0 Å². The predicted molar refractivity (Wildman–Crippen MR) is 85.0 cm³/mol. The molecular weight excluding hydrogens is 244 g/mol. The van der Waals surface area contributed by atoms with Crippen molar-refractivity contribution in [3.05, 3.63) is 35.4 Å². The average Bonchev–Trinajstić information content (AvgIpc) is 2.85. The number of rotatable bonds is 4. The van der Waals surface area contributed by atoms with Gasteiger partial charge < -0.3 is 10.2 Å². The quantitative estimate of drug-likeness (QED) is 0.845. The Morgan fingerprint density at radius 3 is 2.95 bits per heavy atom. The van der Waals surface area contributed by atoms with E-state index in [0.29, 0.717) is 6.04 Å². The Balaban J connectivity index is 1.60. The zero-order valence-electron chi connectivity index (χ0n) is 12.8. The monoisotopic (exact) mass is 272 g/mol. The summed E-state index contributed by atoms with van der Waals surface area (Å²) in [4.78, 5) is 2.58. The molecule has 0 bridgehead atoms. The molecule has 1 aromatic carbocycles. The summed E-state index contributed by atoms with van der Waals surface area (Å²) in [6, 6.07) is 9.64. The molecule has 0 radical (unpaired) electrons. The van der Waals surface area contributed by atoms with Crippen LogP contribution in [0.2, 0.25) is 0 Å². The van der Waals surface area contributed by atoms with E-state index in [1.807, 2.05) is 0 Å². The van der Waals surface area contributed by atoms with E-state index in [1.54, 1.807) is 11.1 Å². The summed E-state index contributed by atoms with van der Waals surface area (Å²) < 4.78 is 0. The molecule has 2 heteroatoms. The molecule has 1 aromatic rings. The van der Waals surface area contributed by atoms with Gasteiger partial charge in [-0.2, -0.15) is 0 Å². The van der Waals surface area contributed by atoms with Gasteiger partial charge in [0.25, 0.3) is 0 Å². The van der Waals surface area contributed by atoms with Crippen LogP contribution in [-0.4, -0.2) is 31.1 Å². The molecule has 1 saturated heterocycles. The van der Waals surface area contributed by atoms with E-state index in [1.165, 1.54) is 58.3 Å². The number of likely N-dealkylation sites (tertiary alicyclic amines) is 1. The smallest absolute Gasteiger partial charge is 0.0323 e. The highest BCUT2D eigenvalue weighted by Gasteiger charge is 2.23. The number of aryl methyl sites for hydroxylation is 1. The predicted octanol–water partition coefficient (Wildman–Crippen LogP) is 3.39. The number of nitrogens with one attached hydrogen (secondary N) is 1. The van der Waals surface area contributed by atoms with E-state index in [0.717, 1.165) is 5.92 Å². The van der Waals surface area contributed by atoms with Crippen LogP contribution in [0.25, 0.3) is 0 Å². The van der Waals surface area contributed by atoms with Gasteiger partial charge in [0.05, 0.1) is 0 Å². The molecule has 1 fully saturated rings. The summed E-state index contributed by atoms with van der Waals surface area (Å²) in [6.45, 7) is 7.26. The lowest BCUT2D eigenvalue weighted by Crippen LogP contribution is -2.29. The highest BCUT2D eigenvalue weighted by atomic mass is 15.1. The fourth-order valence-corrected chi connectivity index (χ4v) is 3.81. The van der Waals surface area contributed by atoms with Crippen molar-refractivity contribution >= 4 is 0 Å². The van der Waals surface area contributed by atoms with E-state index < -0.39 is 0 Å². The number of hydrogen-bond donors (Lipinski definition) is 1. The molecule has 20 heavy (non-hydrogen) atoms. The van der Waals surface area contributed by atoms with Gasteiger partial charge in [-0.3, -0.25) is 0 Å². The molecular formula is C18H28N2. The first-order valence-electron chi connectivity index (χ1n) is 8.40. The van der Waals surface area contributed by atoms with Crippen LogP contribution in [0.5, 0.6) is 0 Å². The Morgan fingerprint density at radius 2 is 2.10 bits per heavy atom. The molecule has 2 atom stereocenters. The van der Waals surface area contributed by atoms with Crippen molar-refractivity contribution in [1.82, 2.24) is 10.2 Å². The molecule has 0 saturated carbocycles. The first kappa shape index (κ1) is 14.1. The van der Waals surface area contributed by atoms with Gasteiger partial charge in [0, 0.05) is 12.6 Å². The van der Waals surface area contributed by atoms with E-state index in [4.69, 9.17) is 0 Å². The molecule has 2 unspecified atom stereocenters. The Bertz CT molecular complexity index is 429. The van der Waals surface area contributed by atoms with Crippen LogP contribution in [0.4, 0.5) is 0 Å². The number of fused-ring (bicyclic) bond motifs is 1. The molecule has 1 heterocycles. The standard InChI is InChI=1S/C18H28N2/c1-2-20-12-11-15(14-20)13-19-18-10-6-4-8-16-7-3-5-9-17(16)18/h3,5,7,9,15,18-19H,2,4,6,8,10-14H2,1H3. The zero-order valence-corrected chi connectivity index (χ0v) is 12.8. The second kappa shape index (κ2) is 6.73. The number of benzene rings is 1. The third-order valence-corrected chi connectivity index (χ3v) is 5.09. The van der Waals surface area contributed by atoms with E-state index in [2.05, 4.69) is 41.4 Å². The van der Waals surface area contributed by atoms with Gasteiger partial charge in [0.1, 0.15) is 0 Å². The fourth-order valence-electron chi connectivity index (χ4n) is 3.81. The van der Waals surface area contributed by atoms with Crippen LogP contribution in [0.3, 0.4) is 0 Å². The highest BCUT2D eigenvalue weighted by molar-refractivity contribution is 5.31. The Morgan fingerprint density at radius 1 is 1.20 bits per heavy atom. The lowest BCUT2D eigenvalue weighted by molar-refractivity contribution is 0.333. The van der Waals surface area contributed by atoms with Gasteiger partial charge in [-0.15, -0.1) is 0 Å². The normalized spacial score (nSPS) is 27.2. The molecule has 2 aliphatic rings. The van der Waals surface area contributed by atoms with Crippen molar-refractivity contribution in [2.45, 2.75) is 45.1 Å². The van der Waals surface area contributed by atoms with Crippen LogP contribution >= 0.6 is 0 Å². The first-order valence-corrected chi connectivity index (χ1v) is 8.40. The lowest BCUT2D eigenvalue weighted by atomic mass is 9.98. The minimum Gasteiger partial charge on any atom is -0.310 e. The lowest BCUT2D eigenvalue weighted by Gasteiger charge is -2.22. The summed E-state index contributed by atoms with van der Waals surface area (Å²) in [5.41, 5.74) is 3.14. The van der Waals surface area contributed by atoms with Gasteiger partial charge in [0.2, 0.25) is 0 Å². The molecule has 0 aromatic heterocycles. The van der Waals surface area contributed by atoms with E-state index in [9.17, 15) is 0 Å². The molecule has 1 N–H and O–H groups in total. The van der Waals surface area contributed by atoms with Crippen molar-refractivity contribution in [1.29, 1.82) is 0 Å². The van der Waals surface area contributed by atoms with Gasteiger partial charge >= 0.3 is 0 Å². The Kier molecular flexibility index (Phi) is 4.74. The summed E-state index contributed by atoms with van der Waals surface area (Å²) in [5.74, 6) is 0.852. The maximum atomic E-state index is 3.88. The third kappa shape index (κ3) is 3.24. The fraction of sp³-hybridized carbons (Fsp3) is 0.667. The third-order valence-electron chi connectivity index (χ3n) is 5.09. The van der Waals surface area contributed by atoms with Gasteiger partial charge in [-0.05, 0) is 62.4 Å². The van der Waals surface area contributed by atoms with Crippen LogP contribution in [0.1, 0.15) is 49.8 Å². The van der Waals surface area contributed by atoms with Gasteiger partial charge in [0.15, 0.2) is 0 Å². The molecule has 110 valence electrons. The first-order chi connectivity index (χ1) is 9.86. The van der Waals surface area contributed by atoms with Crippen molar-refractivity contribution < 1.29 is 0 Å². The second-order valence-corrected chi connectivity index (χ2v) is 6.45. The number of hydrogen-bond acceptors (Lipinski definition) is 2. The molecule has 2 nitrogen and oxygen atoms in total. The summed E-state index contributed by atoms with van der Waals surface area (Å²) in [5, 5.41) is 3.88. The van der Waals surface area contributed by atoms with E-state index >= 15 is 0 Å². The average molecular weight is 272 g/mol. The number of nitrogens with zero attached hydrogens (tertiary/aromatic N) is 1. The molecule has 1 aliphatic heterocycles. The summed E-state index contributed by atoms with van der Waals surface area (Å²) in [6.07, 6.45) is 6.65. The van der Waals surface area contributed by atoms with E-state index in [-0.39, 0.29) is 0 Å². The zero-order chi connectivity index (χ0) is 13.8. The molecule has 3 rings (SSSR count). The second-order valence-electron chi connectivity index (χ2n) is 6.45.